The summed E-state index contributed by atoms with van der Waals surface area (Å²) in [7, 11) is 0. The van der Waals surface area contributed by atoms with Gasteiger partial charge in [-0.15, -0.1) is 0 Å². The monoisotopic (exact) mass is 390 g/mol. The first-order valence-corrected chi connectivity index (χ1v) is 9.63. The van der Waals surface area contributed by atoms with Crippen molar-refractivity contribution in [1.82, 2.24) is 19.4 Å². The van der Waals surface area contributed by atoms with E-state index in [0.717, 1.165) is 29.4 Å². The molecule has 1 fully saturated rings. The molecule has 2 aliphatic rings. The zero-order valence-electron chi connectivity index (χ0n) is 15.7. The molecular formula is C22H19FN4O2. The van der Waals surface area contributed by atoms with Crippen LogP contribution in [0.3, 0.4) is 0 Å². The Morgan fingerprint density at radius 2 is 1.93 bits per heavy atom. The molecule has 3 aromatic heterocycles. The van der Waals surface area contributed by atoms with Gasteiger partial charge in [0.25, 0.3) is 11.5 Å². The number of hydrogen-bond acceptors (Lipinski definition) is 4. The number of aromatic nitrogens is 3. The van der Waals surface area contributed by atoms with Gasteiger partial charge in [-0.05, 0) is 36.1 Å². The third kappa shape index (κ3) is 3.22. The maximum atomic E-state index is 13.5. The van der Waals surface area contributed by atoms with Crippen LogP contribution in [0.15, 0.2) is 59.9 Å². The highest BCUT2D eigenvalue weighted by molar-refractivity contribution is 5.94. The smallest absolute Gasteiger partial charge is 0.255 e. The van der Waals surface area contributed by atoms with Crippen molar-refractivity contribution in [2.45, 2.75) is 18.9 Å². The lowest BCUT2D eigenvalue weighted by molar-refractivity contribution is 0.0593. The van der Waals surface area contributed by atoms with Crippen molar-refractivity contribution in [3.05, 3.63) is 82.5 Å². The van der Waals surface area contributed by atoms with Crippen LogP contribution in [0.25, 0.3) is 11.1 Å². The summed E-state index contributed by atoms with van der Waals surface area (Å²) in [4.78, 5) is 35.4. The molecule has 2 atom stereocenters. The predicted molar refractivity (Wildman–Crippen MR) is 105 cm³/mol. The second-order valence-electron chi connectivity index (χ2n) is 7.76. The molecule has 5 rings (SSSR count). The Kier molecular flexibility index (Phi) is 4.23. The molecule has 6 nitrogen and oxygen atoms in total. The molecule has 5 heterocycles. The van der Waals surface area contributed by atoms with E-state index >= 15 is 0 Å². The van der Waals surface area contributed by atoms with Crippen molar-refractivity contribution in [3.63, 3.8) is 0 Å². The van der Waals surface area contributed by atoms with E-state index in [4.69, 9.17) is 0 Å². The zero-order valence-corrected chi connectivity index (χ0v) is 15.7. The number of rotatable bonds is 2. The van der Waals surface area contributed by atoms with Crippen molar-refractivity contribution in [1.29, 1.82) is 0 Å². The number of carbonyl (C=O) groups excluding carboxylic acids is 1. The molecule has 0 radical (unpaired) electrons. The summed E-state index contributed by atoms with van der Waals surface area (Å²) >= 11 is 0. The molecule has 1 saturated heterocycles. The fraction of sp³-hybridized carbons (Fsp3) is 0.273. The summed E-state index contributed by atoms with van der Waals surface area (Å²) in [5.74, 6) is -0.470. The largest absolute Gasteiger partial charge is 0.338 e. The molecule has 0 unspecified atom stereocenters. The van der Waals surface area contributed by atoms with E-state index in [2.05, 4.69) is 9.97 Å². The van der Waals surface area contributed by atoms with E-state index in [1.807, 2.05) is 22.8 Å². The molecular weight excluding hydrogens is 371 g/mol. The van der Waals surface area contributed by atoms with Crippen molar-refractivity contribution < 1.29 is 9.18 Å². The third-order valence-electron chi connectivity index (χ3n) is 5.79. The highest BCUT2D eigenvalue weighted by Gasteiger charge is 2.37. The molecule has 2 bridgehead atoms. The van der Waals surface area contributed by atoms with Crippen LogP contribution in [0.4, 0.5) is 4.39 Å². The molecule has 1 amide bonds. The maximum absolute atomic E-state index is 13.5. The van der Waals surface area contributed by atoms with E-state index in [1.165, 1.54) is 12.3 Å². The van der Waals surface area contributed by atoms with Crippen LogP contribution in [0.5, 0.6) is 0 Å². The molecule has 0 aromatic carbocycles. The molecule has 0 aliphatic carbocycles. The number of pyridine rings is 3. The van der Waals surface area contributed by atoms with Gasteiger partial charge in [0.15, 0.2) is 0 Å². The molecule has 0 saturated carbocycles. The van der Waals surface area contributed by atoms with Crippen molar-refractivity contribution in [2.75, 3.05) is 13.1 Å². The van der Waals surface area contributed by atoms with Crippen molar-refractivity contribution in [3.8, 4) is 11.1 Å². The lowest BCUT2D eigenvalue weighted by Gasteiger charge is -2.43. The highest BCUT2D eigenvalue weighted by atomic mass is 19.1. The Bertz CT molecular complexity index is 1150. The van der Waals surface area contributed by atoms with Crippen LogP contribution in [-0.4, -0.2) is 38.4 Å². The van der Waals surface area contributed by atoms with Gasteiger partial charge in [0.05, 0.1) is 11.8 Å². The van der Waals surface area contributed by atoms with Gasteiger partial charge < -0.3 is 9.47 Å². The van der Waals surface area contributed by atoms with Gasteiger partial charge in [-0.3, -0.25) is 19.6 Å². The summed E-state index contributed by atoms with van der Waals surface area (Å²) < 4.78 is 15.3. The molecule has 146 valence electrons. The van der Waals surface area contributed by atoms with Gasteiger partial charge in [0.2, 0.25) is 0 Å². The van der Waals surface area contributed by atoms with Gasteiger partial charge in [-0.1, -0.05) is 6.07 Å². The minimum absolute atomic E-state index is 0.0230. The Balaban J connectivity index is 1.49. The second kappa shape index (κ2) is 6.92. The first-order valence-electron chi connectivity index (χ1n) is 9.63. The van der Waals surface area contributed by atoms with E-state index in [-0.39, 0.29) is 28.9 Å². The molecule has 3 aromatic rings. The third-order valence-corrected chi connectivity index (χ3v) is 5.79. The standard InChI is InChI=1S/C22H19FN4O2/c23-19-5-17(9-25-10-19)22(29)26-11-14-4-18(13-26)20-6-16(7-21(28)27(20)12-14)15-2-1-3-24-8-15/h1-3,5-10,14,18H,4,11-13H2/t14-,18+/m0/s1. The number of halogens is 1. The minimum atomic E-state index is -0.522. The minimum Gasteiger partial charge on any atom is -0.338 e. The van der Waals surface area contributed by atoms with Crippen LogP contribution >= 0.6 is 0 Å². The molecule has 2 aliphatic heterocycles. The maximum Gasteiger partial charge on any atom is 0.255 e. The van der Waals surface area contributed by atoms with Crippen LogP contribution in [0.2, 0.25) is 0 Å². The number of likely N-dealkylation sites (tertiary alicyclic amines) is 1. The number of piperidine rings is 1. The molecule has 0 spiro atoms. The molecule has 29 heavy (non-hydrogen) atoms. The van der Waals surface area contributed by atoms with Crippen LogP contribution < -0.4 is 5.56 Å². The Labute approximate surface area is 166 Å². The normalized spacial score (nSPS) is 20.2. The number of amides is 1. The van der Waals surface area contributed by atoms with E-state index in [0.29, 0.717) is 19.6 Å². The van der Waals surface area contributed by atoms with Gasteiger partial charge in [0, 0.05) is 61.5 Å². The molecule has 0 N–H and O–H groups in total. The second-order valence-corrected chi connectivity index (χ2v) is 7.76. The quantitative estimate of drug-likeness (QED) is 0.675. The van der Waals surface area contributed by atoms with E-state index in [9.17, 15) is 14.0 Å². The van der Waals surface area contributed by atoms with Gasteiger partial charge in [-0.25, -0.2) is 4.39 Å². The Hall–Kier alpha value is -3.35. The van der Waals surface area contributed by atoms with Crippen molar-refractivity contribution >= 4 is 5.91 Å². The van der Waals surface area contributed by atoms with Gasteiger partial charge in [-0.2, -0.15) is 0 Å². The SMILES string of the molecule is O=C(c1cncc(F)c1)N1C[C@@H]2C[C@H](C1)c1cc(-c3cccnc3)cc(=O)n1C2. The number of fused-ring (bicyclic) bond motifs is 4. The summed E-state index contributed by atoms with van der Waals surface area (Å²) in [6.45, 7) is 1.65. The average Bonchev–Trinajstić information content (AvgIpc) is 2.74. The van der Waals surface area contributed by atoms with Crippen LogP contribution in [0, 0.1) is 11.7 Å². The summed E-state index contributed by atoms with van der Waals surface area (Å²) in [6.07, 6.45) is 6.86. The van der Waals surface area contributed by atoms with Crippen LogP contribution in [0.1, 0.15) is 28.4 Å². The summed E-state index contributed by atoms with van der Waals surface area (Å²) in [5, 5.41) is 0. The first-order chi connectivity index (χ1) is 14.1. The number of hydrogen-bond donors (Lipinski definition) is 0. The zero-order chi connectivity index (χ0) is 20.0. The Morgan fingerprint density at radius 1 is 1.03 bits per heavy atom. The average molecular weight is 390 g/mol. The van der Waals surface area contributed by atoms with Gasteiger partial charge >= 0.3 is 0 Å². The summed E-state index contributed by atoms with van der Waals surface area (Å²) in [5.41, 5.74) is 2.91. The predicted octanol–water partition coefficient (Wildman–Crippen LogP) is 2.70. The fourth-order valence-corrected chi connectivity index (χ4v) is 4.54. The van der Waals surface area contributed by atoms with Crippen molar-refractivity contribution in [2.24, 2.45) is 5.92 Å². The summed E-state index contributed by atoms with van der Waals surface area (Å²) in [6, 6.07) is 8.69. The van der Waals surface area contributed by atoms with Crippen LogP contribution in [-0.2, 0) is 6.54 Å². The van der Waals surface area contributed by atoms with Gasteiger partial charge in [0.1, 0.15) is 5.82 Å². The van der Waals surface area contributed by atoms with E-state index < -0.39 is 5.82 Å². The topological polar surface area (TPSA) is 68.1 Å². The number of carbonyl (C=O) groups is 1. The fourth-order valence-electron chi connectivity index (χ4n) is 4.54. The molecule has 7 heteroatoms. The Morgan fingerprint density at radius 3 is 2.72 bits per heavy atom. The lowest BCUT2D eigenvalue weighted by Crippen LogP contribution is -2.49. The van der Waals surface area contributed by atoms with E-state index in [1.54, 1.807) is 23.4 Å². The lowest BCUT2D eigenvalue weighted by atomic mass is 9.82. The highest BCUT2D eigenvalue weighted by Crippen LogP contribution is 2.37. The first kappa shape index (κ1) is 17.7. The number of nitrogens with zero attached hydrogens (tertiary/aromatic N) is 4.